The van der Waals surface area contributed by atoms with Gasteiger partial charge in [-0.1, -0.05) is 19.8 Å². The van der Waals surface area contributed by atoms with E-state index in [2.05, 4.69) is 12.2 Å². The molecule has 6 rings (SSSR count). The molecule has 0 spiro atoms. The maximum Gasteiger partial charge on any atom is 0.337 e. The van der Waals surface area contributed by atoms with Crippen molar-refractivity contribution in [1.29, 1.82) is 0 Å². The molecule has 0 aromatic heterocycles. The molecule has 4 aliphatic rings. The number of methoxy groups -OCH3 is 1. The zero-order chi connectivity index (χ0) is 25.1. The third kappa shape index (κ3) is 5.30. The van der Waals surface area contributed by atoms with Crippen molar-refractivity contribution in [1.82, 2.24) is 0 Å². The van der Waals surface area contributed by atoms with E-state index in [9.17, 15) is 9.59 Å². The van der Waals surface area contributed by atoms with Crippen LogP contribution in [0.4, 0.5) is 5.69 Å². The summed E-state index contributed by atoms with van der Waals surface area (Å²) >= 11 is 0. The van der Waals surface area contributed by atoms with Gasteiger partial charge >= 0.3 is 5.97 Å². The van der Waals surface area contributed by atoms with Gasteiger partial charge < -0.3 is 14.8 Å². The van der Waals surface area contributed by atoms with Gasteiger partial charge in [0.2, 0.25) is 0 Å². The molecule has 4 fully saturated rings. The fourth-order valence-corrected chi connectivity index (χ4v) is 7.82. The second-order valence-electron chi connectivity index (χ2n) is 11.5. The van der Waals surface area contributed by atoms with Gasteiger partial charge in [0.25, 0.3) is 5.91 Å². The van der Waals surface area contributed by atoms with E-state index in [1.165, 1.54) is 58.5 Å². The van der Waals surface area contributed by atoms with Gasteiger partial charge in [0.1, 0.15) is 5.75 Å². The molecule has 0 radical (unpaired) electrons. The lowest BCUT2D eigenvalue weighted by molar-refractivity contribution is -0.0930. The largest absolute Gasteiger partial charge is 0.494 e. The first-order valence-electron chi connectivity index (χ1n) is 13.7. The van der Waals surface area contributed by atoms with Gasteiger partial charge in [0.05, 0.1) is 19.3 Å². The summed E-state index contributed by atoms with van der Waals surface area (Å²) in [6, 6.07) is 14.0. The molecule has 2 aromatic rings. The molecular weight excluding hydrogens is 450 g/mol. The SMILES string of the molecule is CCCC(CCOc1ccc(C(=O)Nc2ccc(C(=O)OC)cc2)cc1)C12CC3CC(CC(C3)C1)C2. The average molecular weight is 490 g/mol. The third-order valence-electron chi connectivity index (χ3n) is 9.00. The minimum absolute atomic E-state index is 0.197. The minimum Gasteiger partial charge on any atom is -0.494 e. The zero-order valence-corrected chi connectivity index (χ0v) is 21.6. The van der Waals surface area contributed by atoms with Crippen LogP contribution >= 0.6 is 0 Å². The van der Waals surface area contributed by atoms with Crippen LogP contribution in [-0.2, 0) is 4.74 Å². The van der Waals surface area contributed by atoms with Crippen LogP contribution < -0.4 is 10.1 Å². The lowest BCUT2D eigenvalue weighted by atomic mass is 9.46. The van der Waals surface area contributed by atoms with Gasteiger partial charge in [-0.05, 0) is 123 Å². The highest BCUT2D eigenvalue weighted by Gasteiger charge is 2.53. The molecule has 1 atom stereocenters. The minimum atomic E-state index is -0.401. The summed E-state index contributed by atoms with van der Waals surface area (Å²) in [4.78, 5) is 24.2. The molecule has 5 nitrogen and oxygen atoms in total. The van der Waals surface area contributed by atoms with Crippen molar-refractivity contribution in [2.45, 2.75) is 64.7 Å². The van der Waals surface area contributed by atoms with Crippen LogP contribution in [0.1, 0.15) is 85.4 Å². The molecule has 1 unspecified atom stereocenters. The first kappa shape index (κ1) is 24.9. The van der Waals surface area contributed by atoms with Gasteiger partial charge in [-0.2, -0.15) is 0 Å². The first-order valence-corrected chi connectivity index (χ1v) is 13.7. The Bertz CT molecular complexity index is 1020. The second kappa shape index (κ2) is 10.7. The van der Waals surface area contributed by atoms with Gasteiger partial charge in [-0.25, -0.2) is 4.79 Å². The fraction of sp³-hybridized carbons (Fsp3) is 0.548. The number of esters is 1. The van der Waals surface area contributed by atoms with E-state index >= 15 is 0 Å². The normalized spacial score (nSPS) is 26.9. The summed E-state index contributed by atoms with van der Waals surface area (Å²) in [5, 5.41) is 2.87. The lowest BCUT2D eigenvalue weighted by Gasteiger charge is -2.60. The first-order chi connectivity index (χ1) is 17.5. The van der Waals surface area contributed by atoms with Gasteiger partial charge in [0, 0.05) is 11.3 Å². The summed E-state index contributed by atoms with van der Waals surface area (Å²) < 4.78 is 10.9. The number of carbonyl (C=O) groups excluding carboxylic acids is 2. The standard InChI is InChI=1S/C31H39NO4/c1-3-4-26(31-18-21-15-22(19-31)17-23(16-21)20-31)13-14-36-28-11-7-24(8-12-28)29(33)32-27-9-5-25(6-10-27)30(34)35-2/h5-12,21-23,26H,3-4,13-20H2,1-2H3,(H,32,33). The van der Waals surface area contributed by atoms with Crippen LogP contribution in [0.15, 0.2) is 48.5 Å². The van der Waals surface area contributed by atoms with Crippen molar-refractivity contribution in [2.24, 2.45) is 29.1 Å². The highest BCUT2D eigenvalue weighted by molar-refractivity contribution is 6.04. The monoisotopic (exact) mass is 489 g/mol. The zero-order valence-electron chi connectivity index (χ0n) is 21.6. The van der Waals surface area contributed by atoms with Gasteiger partial charge in [0.15, 0.2) is 0 Å². The maximum absolute atomic E-state index is 12.6. The van der Waals surface area contributed by atoms with Crippen molar-refractivity contribution in [3.63, 3.8) is 0 Å². The Labute approximate surface area is 215 Å². The summed E-state index contributed by atoms with van der Waals surface area (Å²) in [7, 11) is 1.35. The van der Waals surface area contributed by atoms with Crippen LogP contribution in [0.3, 0.4) is 0 Å². The summed E-state index contributed by atoms with van der Waals surface area (Å²) in [5.74, 6) is 3.95. The number of hydrogen-bond donors (Lipinski definition) is 1. The molecule has 0 saturated heterocycles. The number of ether oxygens (including phenoxy) is 2. The van der Waals surface area contributed by atoms with Crippen LogP contribution in [0.5, 0.6) is 5.75 Å². The topological polar surface area (TPSA) is 64.6 Å². The van der Waals surface area contributed by atoms with E-state index in [1.807, 2.05) is 12.1 Å². The van der Waals surface area contributed by atoms with Crippen LogP contribution in [0, 0.1) is 29.1 Å². The van der Waals surface area contributed by atoms with Crippen LogP contribution in [-0.4, -0.2) is 25.6 Å². The Kier molecular flexibility index (Phi) is 7.36. The van der Waals surface area contributed by atoms with Crippen molar-refractivity contribution in [3.05, 3.63) is 59.7 Å². The molecule has 4 saturated carbocycles. The van der Waals surface area contributed by atoms with E-state index in [-0.39, 0.29) is 5.91 Å². The number of anilines is 1. The van der Waals surface area contributed by atoms with Gasteiger partial charge in [-0.3, -0.25) is 4.79 Å². The maximum atomic E-state index is 12.6. The molecule has 1 N–H and O–H groups in total. The molecule has 1 amide bonds. The Balaban J connectivity index is 1.14. The molecule has 2 aromatic carbocycles. The number of benzene rings is 2. The lowest BCUT2D eigenvalue weighted by Crippen LogP contribution is -2.49. The Morgan fingerprint density at radius 1 is 0.889 bits per heavy atom. The molecular formula is C31H39NO4. The highest BCUT2D eigenvalue weighted by Crippen LogP contribution is 2.63. The smallest absolute Gasteiger partial charge is 0.337 e. The van der Waals surface area contributed by atoms with Crippen molar-refractivity contribution in [2.75, 3.05) is 19.0 Å². The second-order valence-corrected chi connectivity index (χ2v) is 11.5. The predicted molar refractivity (Wildman–Crippen MR) is 141 cm³/mol. The number of nitrogens with one attached hydrogen (secondary N) is 1. The molecule has 4 bridgehead atoms. The summed E-state index contributed by atoms with van der Waals surface area (Å²) in [6.45, 7) is 3.07. The highest BCUT2D eigenvalue weighted by atomic mass is 16.5. The van der Waals surface area contributed by atoms with Gasteiger partial charge in [-0.15, -0.1) is 0 Å². The Morgan fingerprint density at radius 3 is 2.03 bits per heavy atom. The van der Waals surface area contributed by atoms with E-state index in [0.717, 1.165) is 42.4 Å². The van der Waals surface area contributed by atoms with Crippen LogP contribution in [0.25, 0.3) is 0 Å². The average Bonchev–Trinajstić information content (AvgIpc) is 2.87. The number of hydrogen-bond acceptors (Lipinski definition) is 4. The quantitative estimate of drug-likeness (QED) is 0.361. The molecule has 0 heterocycles. The molecule has 192 valence electrons. The predicted octanol–water partition coefficient (Wildman–Crippen LogP) is 7.13. The molecule has 5 heteroatoms. The molecule has 36 heavy (non-hydrogen) atoms. The number of rotatable bonds is 10. The van der Waals surface area contributed by atoms with Crippen molar-refractivity contribution in [3.8, 4) is 5.75 Å². The van der Waals surface area contributed by atoms with Crippen LogP contribution in [0.2, 0.25) is 0 Å². The number of carbonyl (C=O) groups is 2. The third-order valence-corrected chi connectivity index (χ3v) is 9.00. The van der Waals surface area contributed by atoms with Crippen molar-refractivity contribution < 1.29 is 19.1 Å². The number of amides is 1. The summed E-state index contributed by atoms with van der Waals surface area (Å²) in [6.07, 6.45) is 12.5. The Morgan fingerprint density at radius 2 is 1.47 bits per heavy atom. The van der Waals surface area contributed by atoms with E-state index in [0.29, 0.717) is 22.2 Å². The Hall–Kier alpha value is -2.82. The van der Waals surface area contributed by atoms with E-state index < -0.39 is 5.97 Å². The summed E-state index contributed by atoms with van der Waals surface area (Å²) in [5.41, 5.74) is 2.21. The fourth-order valence-electron chi connectivity index (χ4n) is 7.82. The molecule has 4 aliphatic carbocycles. The van der Waals surface area contributed by atoms with E-state index in [1.54, 1.807) is 36.4 Å². The van der Waals surface area contributed by atoms with Crippen molar-refractivity contribution >= 4 is 17.6 Å². The molecule has 0 aliphatic heterocycles. The van der Waals surface area contributed by atoms with E-state index in [4.69, 9.17) is 9.47 Å².